The van der Waals surface area contributed by atoms with Gasteiger partial charge in [-0.05, 0) is 37.1 Å². The number of rotatable bonds is 7. The van der Waals surface area contributed by atoms with Gasteiger partial charge in [0.25, 0.3) is 0 Å². The molecule has 0 amide bonds. The van der Waals surface area contributed by atoms with Gasteiger partial charge in [0.15, 0.2) is 5.96 Å². The number of aliphatic imine (C=N–C) groups is 1. The molecular weight excluding hydrogens is 390 g/mol. The van der Waals surface area contributed by atoms with E-state index < -0.39 is 0 Å². The van der Waals surface area contributed by atoms with Gasteiger partial charge in [-0.1, -0.05) is 24.3 Å². The van der Waals surface area contributed by atoms with Gasteiger partial charge in [-0.3, -0.25) is 4.99 Å². The standard InChI is InChI=1S/C24H31N5O2/c1-17-8-9-19(22(12-17)31-16-18-10-11-30-15-18)13-26-24(25-2)27-14-23-28-20-6-4-5-7-21(20)29(23)3/h4-9,12,18H,10-11,13-16H2,1-3H3,(H2,25,26,27). The van der Waals surface area contributed by atoms with Gasteiger partial charge >= 0.3 is 0 Å². The number of ether oxygens (including phenoxy) is 2. The van der Waals surface area contributed by atoms with E-state index in [4.69, 9.17) is 14.5 Å². The first-order valence-corrected chi connectivity index (χ1v) is 10.8. The summed E-state index contributed by atoms with van der Waals surface area (Å²) in [5, 5.41) is 6.76. The molecule has 1 unspecified atom stereocenters. The van der Waals surface area contributed by atoms with Crippen molar-refractivity contribution in [3.8, 4) is 5.75 Å². The zero-order chi connectivity index (χ0) is 21.6. The third-order valence-electron chi connectivity index (χ3n) is 5.68. The first kappa shape index (κ1) is 21.2. The number of para-hydroxylation sites is 2. The Labute approximate surface area is 183 Å². The molecule has 0 bridgehead atoms. The van der Waals surface area contributed by atoms with Crippen molar-refractivity contribution in [2.45, 2.75) is 26.4 Å². The van der Waals surface area contributed by atoms with Crippen LogP contribution in [0.15, 0.2) is 47.5 Å². The highest BCUT2D eigenvalue weighted by atomic mass is 16.5. The van der Waals surface area contributed by atoms with E-state index in [1.54, 1.807) is 7.05 Å². The lowest BCUT2D eigenvalue weighted by atomic mass is 10.1. The van der Waals surface area contributed by atoms with E-state index >= 15 is 0 Å². The molecule has 7 nitrogen and oxygen atoms in total. The largest absolute Gasteiger partial charge is 0.493 e. The van der Waals surface area contributed by atoms with Crippen molar-refractivity contribution in [2.24, 2.45) is 18.0 Å². The fraction of sp³-hybridized carbons (Fsp3) is 0.417. The summed E-state index contributed by atoms with van der Waals surface area (Å²) >= 11 is 0. The van der Waals surface area contributed by atoms with E-state index in [2.05, 4.69) is 51.4 Å². The van der Waals surface area contributed by atoms with Crippen molar-refractivity contribution < 1.29 is 9.47 Å². The van der Waals surface area contributed by atoms with Crippen molar-refractivity contribution in [1.29, 1.82) is 0 Å². The van der Waals surface area contributed by atoms with Crippen molar-refractivity contribution in [1.82, 2.24) is 20.2 Å². The summed E-state index contributed by atoms with van der Waals surface area (Å²) in [6.07, 6.45) is 1.07. The van der Waals surface area contributed by atoms with Crippen molar-refractivity contribution in [3.63, 3.8) is 0 Å². The molecule has 2 N–H and O–H groups in total. The molecule has 31 heavy (non-hydrogen) atoms. The molecule has 7 heteroatoms. The summed E-state index contributed by atoms with van der Waals surface area (Å²) in [5.74, 6) is 3.08. The summed E-state index contributed by atoms with van der Waals surface area (Å²) in [7, 11) is 3.81. The number of aryl methyl sites for hydroxylation is 2. The van der Waals surface area contributed by atoms with Crippen LogP contribution in [0.5, 0.6) is 5.75 Å². The number of nitrogens with zero attached hydrogens (tertiary/aromatic N) is 3. The second-order valence-electron chi connectivity index (χ2n) is 8.01. The fourth-order valence-electron chi connectivity index (χ4n) is 3.78. The second kappa shape index (κ2) is 9.83. The Kier molecular flexibility index (Phi) is 6.72. The molecule has 3 aromatic rings. The van der Waals surface area contributed by atoms with Gasteiger partial charge in [-0.2, -0.15) is 0 Å². The smallest absolute Gasteiger partial charge is 0.191 e. The Balaban J connectivity index is 1.36. The predicted molar refractivity (Wildman–Crippen MR) is 123 cm³/mol. The number of guanidine groups is 1. The zero-order valence-electron chi connectivity index (χ0n) is 18.5. The molecule has 0 saturated carbocycles. The van der Waals surface area contributed by atoms with E-state index in [1.165, 1.54) is 5.56 Å². The van der Waals surface area contributed by atoms with Gasteiger partial charge in [0, 0.05) is 38.7 Å². The molecule has 0 radical (unpaired) electrons. The second-order valence-corrected chi connectivity index (χ2v) is 8.01. The fourth-order valence-corrected chi connectivity index (χ4v) is 3.78. The van der Waals surface area contributed by atoms with Gasteiger partial charge in [0.2, 0.25) is 0 Å². The number of benzene rings is 2. The van der Waals surface area contributed by atoms with Gasteiger partial charge in [-0.15, -0.1) is 0 Å². The Morgan fingerprint density at radius 3 is 2.84 bits per heavy atom. The van der Waals surface area contributed by atoms with E-state index in [0.29, 0.717) is 25.6 Å². The Morgan fingerprint density at radius 1 is 1.23 bits per heavy atom. The first-order valence-electron chi connectivity index (χ1n) is 10.8. The molecule has 0 spiro atoms. The molecule has 1 atom stereocenters. The normalized spacial score (nSPS) is 16.6. The predicted octanol–water partition coefficient (Wildman–Crippen LogP) is 3.16. The quantitative estimate of drug-likeness (QED) is 0.453. The van der Waals surface area contributed by atoms with Crippen LogP contribution in [-0.2, 0) is 24.9 Å². The molecule has 2 heterocycles. The van der Waals surface area contributed by atoms with E-state index in [-0.39, 0.29) is 0 Å². The van der Waals surface area contributed by atoms with E-state index in [1.807, 2.05) is 25.2 Å². The molecule has 1 fully saturated rings. The maximum absolute atomic E-state index is 6.15. The molecule has 1 aliphatic heterocycles. The summed E-state index contributed by atoms with van der Waals surface area (Å²) in [6, 6.07) is 14.5. The van der Waals surface area contributed by atoms with Crippen molar-refractivity contribution in [2.75, 3.05) is 26.9 Å². The maximum Gasteiger partial charge on any atom is 0.191 e. The van der Waals surface area contributed by atoms with Crippen molar-refractivity contribution >= 4 is 17.0 Å². The van der Waals surface area contributed by atoms with Crippen LogP contribution in [0.4, 0.5) is 0 Å². The highest BCUT2D eigenvalue weighted by molar-refractivity contribution is 5.80. The van der Waals surface area contributed by atoms with E-state index in [9.17, 15) is 0 Å². The van der Waals surface area contributed by atoms with Crippen LogP contribution in [0.25, 0.3) is 11.0 Å². The minimum Gasteiger partial charge on any atom is -0.493 e. The van der Waals surface area contributed by atoms with Crippen LogP contribution in [0, 0.1) is 12.8 Å². The Hall–Kier alpha value is -3.06. The molecule has 1 aliphatic rings. The van der Waals surface area contributed by atoms with E-state index in [0.717, 1.165) is 53.8 Å². The van der Waals surface area contributed by atoms with Gasteiger partial charge in [0.1, 0.15) is 11.6 Å². The average Bonchev–Trinajstić information content (AvgIpc) is 3.42. The lowest BCUT2D eigenvalue weighted by molar-refractivity contribution is 0.166. The minimum atomic E-state index is 0.476. The van der Waals surface area contributed by atoms with Gasteiger partial charge in [0.05, 0.1) is 30.8 Å². The Morgan fingerprint density at radius 2 is 2.06 bits per heavy atom. The molecule has 4 rings (SSSR count). The number of hydrogen-bond acceptors (Lipinski definition) is 4. The summed E-state index contributed by atoms with van der Waals surface area (Å²) in [4.78, 5) is 9.07. The first-order chi connectivity index (χ1) is 15.1. The summed E-state index contributed by atoms with van der Waals surface area (Å²) in [5.41, 5.74) is 4.41. The highest BCUT2D eigenvalue weighted by Gasteiger charge is 2.17. The topological polar surface area (TPSA) is 72.7 Å². The number of hydrogen-bond donors (Lipinski definition) is 2. The number of imidazole rings is 1. The van der Waals surface area contributed by atoms with Crippen LogP contribution < -0.4 is 15.4 Å². The molecule has 2 aromatic carbocycles. The average molecular weight is 422 g/mol. The highest BCUT2D eigenvalue weighted by Crippen LogP contribution is 2.22. The molecule has 164 valence electrons. The summed E-state index contributed by atoms with van der Waals surface area (Å²) in [6.45, 7) is 5.61. The lowest BCUT2D eigenvalue weighted by Gasteiger charge is -2.17. The molecule has 1 saturated heterocycles. The maximum atomic E-state index is 6.15. The van der Waals surface area contributed by atoms with Gasteiger partial charge in [-0.25, -0.2) is 4.98 Å². The number of nitrogens with one attached hydrogen (secondary N) is 2. The van der Waals surface area contributed by atoms with Crippen LogP contribution >= 0.6 is 0 Å². The molecule has 1 aromatic heterocycles. The zero-order valence-corrected chi connectivity index (χ0v) is 18.5. The SMILES string of the molecule is CN=C(NCc1ccc(C)cc1OCC1CCOC1)NCc1nc2ccccc2n1C. The lowest BCUT2D eigenvalue weighted by Crippen LogP contribution is -2.37. The van der Waals surface area contributed by atoms with Crippen LogP contribution in [0.3, 0.4) is 0 Å². The van der Waals surface area contributed by atoms with Crippen LogP contribution in [-0.4, -0.2) is 42.4 Å². The Bertz CT molecular complexity index is 1050. The third-order valence-corrected chi connectivity index (χ3v) is 5.68. The van der Waals surface area contributed by atoms with Crippen LogP contribution in [0.1, 0.15) is 23.4 Å². The van der Waals surface area contributed by atoms with Gasteiger partial charge < -0.3 is 24.7 Å². The third kappa shape index (κ3) is 5.17. The summed E-state index contributed by atoms with van der Waals surface area (Å²) < 4.78 is 13.7. The molecule has 0 aliphatic carbocycles. The minimum absolute atomic E-state index is 0.476. The molecular formula is C24H31N5O2. The monoisotopic (exact) mass is 421 g/mol. The number of fused-ring (bicyclic) bond motifs is 1. The number of aromatic nitrogens is 2. The van der Waals surface area contributed by atoms with Crippen molar-refractivity contribution in [3.05, 3.63) is 59.4 Å². The van der Waals surface area contributed by atoms with Crippen LogP contribution in [0.2, 0.25) is 0 Å².